The Morgan fingerprint density at radius 2 is 0.926 bits per heavy atom. The molecule has 16 heteroatoms. The third kappa shape index (κ3) is 46.8. The first-order valence-electron chi connectivity index (χ1n) is 19.0. The Balaban J connectivity index is -0.000000309. The Bertz CT molecular complexity index is 1500. The number of hydrogen-bond acceptors (Lipinski definition) is 11. The van der Waals surface area contributed by atoms with Crippen molar-refractivity contribution in [3.63, 3.8) is 0 Å². The van der Waals surface area contributed by atoms with Gasteiger partial charge in [-0.2, -0.15) is 0 Å². The van der Waals surface area contributed by atoms with Gasteiger partial charge in [0.1, 0.15) is 17.4 Å². The van der Waals surface area contributed by atoms with E-state index in [9.17, 15) is 43.3 Å². The largest absolute Gasteiger partial charge is 0.342 e. The number of hydrogen-bond donors (Lipinski definition) is 2. The van der Waals surface area contributed by atoms with Gasteiger partial charge in [-0.05, 0) is 47.5 Å². The van der Waals surface area contributed by atoms with Crippen LogP contribution in [-0.4, -0.2) is 92.4 Å². The van der Waals surface area contributed by atoms with Crippen molar-refractivity contribution in [2.24, 2.45) is 46.8 Å². The van der Waals surface area contributed by atoms with Gasteiger partial charge in [-0.1, -0.05) is 124 Å². The maximum absolute atomic E-state index is 11.4. The maximum atomic E-state index is 11.4. The lowest BCUT2D eigenvalue weighted by molar-refractivity contribution is -0.123. The summed E-state index contributed by atoms with van der Waals surface area (Å²) in [6, 6.07) is 0. The van der Waals surface area contributed by atoms with Crippen molar-refractivity contribution in [2.45, 2.75) is 124 Å². The van der Waals surface area contributed by atoms with Crippen molar-refractivity contribution in [3.8, 4) is 0 Å². The molecular formula is C38H80N2O10S4. The van der Waals surface area contributed by atoms with Crippen LogP contribution < -0.4 is 10.6 Å². The van der Waals surface area contributed by atoms with Crippen LogP contribution in [0.1, 0.15) is 124 Å². The minimum absolute atomic E-state index is 0.0654. The lowest BCUT2D eigenvalue weighted by Gasteiger charge is -2.11. The number of Topliss-reactive ketones (excluding diaryl/α,β-unsaturated/α-hetero) is 1. The number of amides is 1. The molecule has 1 amide bonds. The number of ketones is 1. The molecular weight excluding hydrogens is 773 g/mol. The normalized spacial score (nSPS) is 12.9. The van der Waals surface area contributed by atoms with Crippen LogP contribution in [0.3, 0.4) is 0 Å². The summed E-state index contributed by atoms with van der Waals surface area (Å²) in [4.78, 5) is 22.4. The highest BCUT2D eigenvalue weighted by atomic mass is 32.2. The molecule has 0 bridgehead atoms. The molecule has 0 spiro atoms. The molecule has 54 heavy (non-hydrogen) atoms. The van der Waals surface area contributed by atoms with Crippen LogP contribution in [0.25, 0.3) is 0 Å². The number of carbonyl (C=O) groups excluding carboxylic acids is 2. The van der Waals surface area contributed by atoms with Crippen molar-refractivity contribution >= 4 is 51.0 Å². The summed E-state index contributed by atoms with van der Waals surface area (Å²) in [6.07, 6.45) is 2.10. The van der Waals surface area contributed by atoms with Gasteiger partial charge < -0.3 is 10.6 Å². The molecule has 326 valence electrons. The van der Waals surface area contributed by atoms with Crippen molar-refractivity contribution in [1.29, 1.82) is 0 Å². The predicted molar refractivity (Wildman–Crippen MR) is 228 cm³/mol. The van der Waals surface area contributed by atoms with E-state index in [1.807, 2.05) is 90.0 Å². The lowest BCUT2D eigenvalue weighted by atomic mass is 9.98. The molecule has 0 saturated heterocycles. The first-order valence-corrected chi connectivity index (χ1v) is 26.1. The zero-order valence-corrected chi connectivity index (χ0v) is 40.0. The number of sulfone groups is 4. The summed E-state index contributed by atoms with van der Waals surface area (Å²) in [5.41, 5.74) is -0.0654. The Labute approximate surface area is 332 Å². The summed E-state index contributed by atoms with van der Waals surface area (Å²) in [6.45, 7) is 33.1. The fourth-order valence-corrected chi connectivity index (χ4v) is 10.6. The van der Waals surface area contributed by atoms with E-state index in [1.165, 1.54) is 5.41 Å². The van der Waals surface area contributed by atoms with E-state index in [0.717, 1.165) is 6.54 Å². The Morgan fingerprint density at radius 1 is 0.537 bits per heavy atom. The lowest BCUT2D eigenvalue weighted by Crippen LogP contribution is -2.34. The topological polar surface area (TPSA) is 195 Å². The highest BCUT2D eigenvalue weighted by Gasteiger charge is 2.19. The molecule has 0 aromatic heterocycles. The van der Waals surface area contributed by atoms with Gasteiger partial charge in [-0.15, -0.1) is 0 Å². The quantitative estimate of drug-likeness (QED) is 0.139. The third-order valence-corrected chi connectivity index (χ3v) is 13.2. The SMILES string of the molecule is CC(C)CC(=O)CS(=O)(=O)CC(C)C.CC(C)CNCS(=O)(=O)CC(C)C.CC(C)CS(=O)(=O)/C=C/C(C)(C)C.CC(C)CS(=O)(=O)CNC(=O)C(C)C. The Morgan fingerprint density at radius 3 is 1.26 bits per heavy atom. The predicted octanol–water partition coefficient (Wildman–Crippen LogP) is 6.34. The molecule has 0 heterocycles. The van der Waals surface area contributed by atoms with Crippen LogP contribution in [0, 0.1) is 46.8 Å². The maximum Gasteiger partial charge on any atom is 0.223 e. The first kappa shape index (κ1) is 59.3. The molecule has 0 aliphatic rings. The summed E-state index contributed by atoms with van der Waals surface area (Å²) < 4.78 is 91.1. The minimum atomic E-state index is -3.18. The minimum Gasteiger partial charge on any atom is -0.342 e. The van der Waals surface area contributed by atoms with Crippen molar-refractivity contribution in [3.05, 3.63) is 11.5 Å². The summed E-state index contributed by atoms with van der Waals surface area (Å²) in [5.74, 6) is 1.06. The Kier molecular flexibility index (Phi) is 30.9. The fraction of sp³-hybridized carbons (Fsp3) is 0.895. The number of rotatable bonds is 20. The molecule has 0 unspecified atom stereocenters. The standard InChI is InChI=1S/C10H20O3S.C10H20O2S.C9H19NO3S.C9H21NO2S/c1-8(2)5-10(11)7-14(12,13)6-9(3)4;1-9(2)8-13(11,12)7-6-10(3,4)5;1-7(2)5-14(12,13)6-10-9(11)8(3)4;1-8(2)5-10-7-13(11,12)6-9(3)4/h8-9H,5-7H2,1-4H3;6-7,9H,8H2,1-5H3;7-8H,5-6H2,1-4H3,(H,10,11);8-10H,5-7H2,1-4H3/b;7-6+;;. The smallest absolute Gasteiger partial charge is 0.223 e. The van der Waals surface area contributed by atoms with E-state index < -0.39 is 39.3 Å². The van der Waals surface area contributed by atoms with E-state index in [0.29, 0.717) is 12.3 Å². The van der Waals surface area contributed by atoms with E-state index in [-0.39, 0.29) is 93.1 Å². The van der Waals surface area contributed by atoms with Gasteiger partial charge in [-0.25, -0.2) is 33.7 Å². The van der Waals surface area contributed by atoms with Gasteiger partial charge in [-0.3, -0.25) is 9.59 Å². The van der Waals surface area contributed by atoms with Gasteiger partial charge in [0.15, 0.2) is 39.3 Å². The number of allylic oxidation sites excluding steroid dienone is 1. The zero-order chi connectivity index (χ0) is 43.9. The molecule has 0 aromatic carbocycles. The first-order chi connectivity index (χ1) is 23.9. The molecule has 0 saturated carbocycles. The highest BCUT2D eigenvalue weighted by Crippen LogP contribution is 2.16. The molecule has 0 aromatic rings. The molecule has 2 N–H and O–H groups in total. The summed E-state index contributed by atoms with van der Waals surface area (Å²) in [7, 11) is -12.2. The average Bonchev–Trinajstić information content (AvgIpc) is 2.87. The second-order valence-corrected chi connectivity index (χ2v) is 26.2. The second kappa shape index (κ2) is 28.1. The van der Waals surface area contributed by atoms with Crippen LogP contribution in [-0.2, 0) is 48.9 Å². The average molecular weight is 853 g/mol. The molecule has 0 radical (unpaired) electrons. The van der Waals surface area contributed by atoms with Crippen molar-refractivity contribution < 1.29 is 43.3 Å². The summed E-state index contributed by atoms with van der Waals surface area (Å²) >= 11 is 0. The molecule has 0 rings (SSSR count). The number of carbonyl (C=O) groups is 2. The summed E-state index contributed by atoms with van der Waals surface area (Å²) in [5, 5.41) is 6.68. The van der Waals surface area contributed by atoms with Crippen LogP contribution in [0.5, 0.6) is 0 Å². The van der Waals surface area contributed by atoms with Gasteiger partial charge in [0.05, 0.1) is 28.9 Å². The van der Waals surface area contributed by atoms with Gasteiger partial charge >= 0.3 is 0 Å². The van der Waals surface area contributed by atoms with E-state index in [4.69, 9.17) is 0 Å². The van der Waals surface area contributed by atoms with Crippen molar-refractivity contribution in [2.75, 3.05) is 47.1 Å². The zero-order valence-electron chi connectivity index (χ0n) is 36.8. The van der Waals surface area contributed by atoms with Crippen LogP contribution in [0.15, 0.2) is 11.5 Å². The Hall–Kier alpha value is -1.36. The van der Waals surface area contributed by atoms with Gasteiger partial charge in [0.2, 0.25) is 5.91 Å². The molecule has 0 aliphatic carbocycles. The second-order valence-electron chi connectivity index (χ2n) is 17.9. The molecule has 12 nitrogen and oxygen atoms in total. The molecule has 0 atom stereocenters. The van der Waals surface area contributed by atoms with Gasteiger partial charge in [0.25, 0.3) is 0 Å². The van der Waals surface area contributed by atoms with E-state index in [1.54, 1.807) is 19.9 Å². The monoisotopic (exact) mass is 852 g/mol. The van der Waals surface area contributed by atoms with E-state index >= 15 is 0 Å². The van der Waals surface area contributed by atoms with Crippen molar-refractivity contribution in [1.82, 2.24) is 10.6 Å². The van der Waals surface area contributed by atoms with Gasteiger partial charge in [0, 0.05) is 17.7 Å². The van der Waals surface area contributed by atoms with E-state index in [2.05, 4.69) is 24.5 Å². The molecule has 0 aliphatic heterocycles. The number of nitrogens with one attached hydrogen (secondary N) is 2. The third-order valence-electron chi connectivity index (χ3n) is 5.98. The molecule has 0 fully saturated rings. The fourth-order valence-electron chi connectivity index (χ4n) is 4.18. The van der Waals surface area contributed by atoms with Crippen LogP contribution >= 0.6 is 0 Å². The van der Waals surface area contributed by atoms with Crippen LogP contribution in [0.4, 0.5) is 0 Å². The van der Waals surface area contributed by atoms with Crippen LogP contribution in [0.2, 0.25) is 0 Å². The highest BCUT2D eigenvalue weighted by molar-refractivity contribution is 7.94.